The van der Waals surface area contributed by atoms with E-state index in [0.717, 1.165) is 25.7 Å². The lowest BCUT2D eigenvalue weighted by Gasteiger charge is -2.39. The van der Waals surface area contributed by atoms with Crippen LogP contribution in [0.1, 0.15) is 46.0 Å². The Kier molecular flexibility index (Phi) is 6.78. The number of carboxylic acids is 1. The molecule has 1 fully saturated rings. The Hall–Kier alpha value is -1.30. The van der Waals surface area contributed by atoms with Gasteiger partial charge in [-0.3, -0.25) is 0 Å². The largest absolute Gasteiger partial charge is 0.479 e. The molecule has 0 aromatic heterocycles. The summed E-state index contributed by atoms with van der Waals surface area (Å²) < 4.78 is 5.17. The summed E-state index contributed by atoms with van der Waals surface area (Å²) in [6, 6.07) is -0.405. The van der Waals surface area contributed by atoms with Crippen LogP contribution >= 0.6 is 0 Å². The van der Waals surface area contributed by atoms with Crippen LogP contribution in [0.4, 0.5) is 4.79 Å². The molecular weight excluding hydrogens is 260 g/mol. The Balaban J connectivity index is 2.45. The first-order valence-electron chi connectivity index (χ1n) is 7.40. The summed E-state index contributed by atoms with van der Waals surface area (Å²) >= 11 is 0. The van der Waals surface area contributed by atoms with Crippen LogP contribution in [0.25, 0.3) is 0 Å². The van der Waals surface area contributed by atoms with E-state index in [0.29, 0.717) is 26.2 Å². The maximum Gasteiger partial charge on any atom is 0.329 e. The molecule has 1 aliphatic rings. The normalized spacial score (nSPS) is 26.0. The van der Waals surface area contributed by atoms with E-state index in [1.165, 1.54) is 0 Å². The predicted octanol–water partition coefficient (Wildman–Crippen LogP) is 1.75. The molecule has 3 N–H and O–H groups in total. The molecule has 0 radical (unpaired) electrons. The van der Waals surface area contributed by atoms with E-state index in [1.807, 2.05) is 13.8 Å². The standard InChI is InChI=1S/C14H26N2O4/c1-3-20-10-6-9-15-13(19)16-14(12(17)18)8-5-4-7-11(14)2/h11H,3-10H2,1-2H3,(H,17,18)(H2,15,16,19). The van der Waals surface area contributed by atoms with Crippen molar-refractivity contribution in [2.45, 2.75) is 51.5 Å². The van der Waals surface area contributed by atoms with Crippen LogP contribution in [0.3, 0.4) is 0 Å². The minimum absolute atomic E-state index is 0.0528. The maximum atomic E-state index is 11.9. The molecule has 0 spiro atoms. The molecule has 1 rings (SSSR count). The molecule has 0 saturated heterocycles. The third-order valence-corrected chi connectivity index (χ3v) is 3.97. The highest BCUT2D eigenvalue weighted by Crippen LogP contribution is 2.33. The van der Waals surface area contributed by atoms with E-state index < -0.39 is 17.5 Å². The van der Waals surface area contributed by atoms with Crippen molar-refractivity contribution in [2.75, 3.05) is 19.8 Å². The Morgan fingerprint density at radius 1 is 1.40 bits per heavy atom. The van der Waals surface area contributed by atoms with Gasteiger partial charge in [0.15, 0.2) is 0 Å². The molecule has 1 saturated carbocycles. The zero-order chi connectivity index (χ0) is 15.0. The van der Waals surface area contributed by atoms with E-state index in [-0.39, 0.29) is 5.92 Å². The van der Waals surface area contributed by atoms with Crippen LogP contribution in [0.2, 0.25) is 0 Å². The van der Waals surface area contributed by atoms with Crippen molar-refractivity contribution in [1.82, 2.24) is 10.6 Å². The van der Waals surface area contributed by atoms with E-state index >= 15 is 0 Å². The van der Waals surface area contributed by atoms with Gasteiger partial charge in [-0.25, -0.2) is 9.59 Å². The van der Waals surface area contributed by atoms with Crippen LogP contribution in [0.5, 0.6) is 0 Å². The summed E-state index contributed by atoms with van der Waals surface area (Å²) in [7, 11) is 0. The molecule has 6 nitrogen and oxygen atoms in total. The Morgan fingerprint density at radius 3 is 2.75 bits per heavy atom. The lowest BCUT2D eigenvalue weighted by Crippen LogP contribution is -2.61. The van der Waals surface area contributed by atoms with Crippen molar-refractivity contribution in [2.24, 2.45) is 5.92 Å². The SMILES string of the molecule is CCOCCCNC(=O)NC1(C(=O)O)CCCCC1C. The van der Waals surface area contributed by atoms with Crippen molar-refractivity contribution in [3.05, 3.63) is 0 Å². The molecule has 2 atom stereocenters. The van der Waals surface area contributed by atoms with Crippen molar-refractivity contribution >= 4 is 12.0 Å². The summed E-state index contributed by atoms with van der Waals surface area (Å²) in [5.41, 5.74) is -1.12. The van der Waals surface area contributed by atoms with Crippen molar-refractivity contribution < 1.29 is 19.4 Å². The molecule has 0 bridgehead atoms. The van der Waals surface area contributed by atoms with Crippen molar-refractivity contribution in [1.29, 1.82) is 0 Å². The number of aliphatic carboxylic acids is 1. The molecule has 2 amide bonds. The van der Waals surface area contributed by atoms with Gasteiger partial charge in [-0.1, -0.05) is 19.8 Å². The number of rotatable bonds is 7. The smallest absolute Gasteiger partial charge is 0.329 e. The summed E-state index contributed by atoms with van der Waals surface area (Å²) in [5, 5.41) is 14.9. The second kappa shape index (κ2) is 8.09. The number of amides is 2. The fourth-order valence-electron chi connectivity index (χ4n) is 2.67. The number of ether oxygens (including phenoxy) is 1. The van der Waals surface area contributed by atoms with Gasteiger partial charge < -0.3 is 20.5 Å². The number of nitrogens with one attached hydrogen (secondary N) is 2. The molecule has 6 heteroatoms. The zero-order valence-electron chi connectivity index (χ0n) is 12.4. The van der Waals surface area contributed by atoms with Crippen LogP contribution in [0.15, 0.2) is 0 Å². The Labute approximate surface area is 120 Å². The van der Waals surface area contributed by atoms with Crippen molar-refractivity contribution in [3.63, 3.8) is 0 Å². The van der Waals surface area contributed by atoms with Gasteiger partial charge in [0.25, 0.3) is 0 Å². The molecule has 0 aliphatic heterocycles. The number of carbonyl (C=O) groups excluding carboxylic acids is 1. The molecular formula is C14H26N2O4. The summed E-state index contributed by atoms with van der Waals surface area (Å²) in [4.78, 5) is 23.4. The second-order valence-corrected chi connectivity index (χ2v) is 5.35. The summed E-state index contributed by atoms with van der Waals surface area (Å²) in [5.74, 6) is -0.989. The molecule has 20 heavy (non-hydrogen) atoms. The average Bonchev–Trinajstić information content (AvgIpc) is 2.41. The Morgan fingerprint density at radius 2 is 2.15 bits per heavy atom. The van der Waals surface area contributed by atoms with Gasteiger partial charge in [-0.2, -0.15) is 0 Å². The quantitative estimate of drug-likeness (QED) is 0.622. The lowest BCUT2D eigenvalue weighted by atomic mass is 9.73. The van der Waals surface area contributed by atoms with E-state index in [1.54, 1.807) is 0 Å². The molecule has 0 heterocycles. The van der Waals surface area contributed by atoms with Crippen LogP contribution < -0.4 is 10.6 Å². The van der Waals surface area contributed by atoms with Crippen LogP contribution in [-0.4, -0.2) is 42.4 Å². The lowest BCUT2D eigenvalue weighted by molar-refractivity contribution is -0.148. The van der Waals surface area contributed by atoms with E-state index in [4.69, 9.17) is 4.74 Å². The summed E-state index contributed by atoms with van der Waals surface area (Å²) in [6.07, 6.45) is 3.90. The fraction of sp³-hybridized carbons (Fsp3) is 0.857. The second-order valence-electron chi connectivity index (χ2n) is 5.35. The van der Waals surface area contributed by atoms with Crippen LogP contribution in [-0.2, 0) is 9.53 Å². The maximum absolute atomic E-state index is 11.9. The van der Waals surface area contributed by atoms with Gasteiger partial charge in [-0.15, -0.1) is 0 Å². The third kappa shape index (κ3) is 4.37. The predicted molar refractivity (Wildman–Crippen MR) is 75.6 cm³/mol. The number of hydrogen-bond donors (Lipinski definition) is 3. The number of carbonyl (C=O) groups is 2. The first kappa shape index (κ1) is 16.8. The third-order valence-electron chi connectivity index (χ3n) is 3.97. The molecule has 116 valence electrons. The van der Waals surface area contributed by atoms with Gasteiger partial charge in [0.2, 0.25) is 0 Å². The summed E-state index contributed by atoms with van der Waals surface area (Å²) in [6.45, 7) is 5.54. The molecule has 0 aromatic rings. The fourth-order valence-corrected chi connectivity index (χ4v) is 2.67. The van der Waals surface area contributed by atoms with Gasteiger partial charge in [0.1, 0.15) is 5.54 Å². The van der Waals surface area contributed by atoms with Crippen molar-refractivity contribution in [3.8, 4) is 0 Å². The monoisotopic (exact) mass is 286 g/mol. The molecule has 2 unspecified atom stereocenters. The first-order chi connectivity index (χ1) is 9.53. The van der Waals surface area contributed by atoms with Gasteiger partial charge in [0, 0.05) is 19.8 Å². The minimum atomic E-state index is -1.12. The van der Waals surface area contributed by atoms with E-state index in [2.05, 4.69) is 10.6 Å². The Bertz CT molecular complexity index is 335. The average molecular weight is 286 g/mol. The van der Waals surface area contributed by atoms with Gasteiger partial charge in [0.05, 0.1) is 0 Å². The highest BCUT2D eigenvalue weighted by molar-refractivity contribution is 5.86. The highest BCUT2D eigenvalue weighted by atomic mass is 16.5. The van der Waals surface area contributed by atoms with Gasteiger partial charge >= 0.3 is 12.0 Å². The topological polar surface area (TPSA) is 87.7 Å². The number of carboxylic acid groups (broad SMARTS) is 1. The highest BCUT2D eigenvalue weighted by Gasteiger charge is 2.46. The van der Waals surface area contributed by atoms with Gasteiger partial charge in [-0.05, 0) is 32.1 Å². The van der Waals surface area contributed by atoms with E-state index in [9.17, 15) is 14.7 Å². The number of urea groups is 1. The molecule has 1 aliphatic carbocycles. The van der Waals surface area contributed by atoms with Crippen LogP contribution in [0, 0.1) is 5.92 Å². The first-order valence-corrected chi connectivity index (χ1v) is 7.40. The molecule has 0 aromatic carbocycles. The minimum Gasteiger partial charge on any atom is -0.479 e. The zero-order valence-corrected chi connectivity index (χ0v) is 12.4. The number of hydrogen-bond acceptors (Lipinski definition) is 3.